The van der Waals surface area contributed by atoms with Crippen LogP contribution in [0.25, 0.3) is 0 Å². The molecule has 1 atom stereocenters. The van der Waals surface area contributed by atoms with Crippen molar-refractivity contribution in [2.75, 3.05) is 26.3 Å². The van der Waals surface area contributed by atoms with Crippen LogP contribution in [0, 0.1) is 11.8 Å². The quantitative estimate of drug-likeness (QED) is 0.200. The largest absolute Gasteiger partial charge is 0.489 e. The number of ether oxygens (including phenoxy) is 3. The highest BCUT2D eigenvalue weighted by molar-refractivity contribution is 6.35. The summed E-state index contributed by atoms with van der Waals surface area (Å²) in [5, 5.41) is 10.00. The predicted octanol–water partition coefficient (Wildman–Crippen LogP) is 7.12. The number of hydrogen-bond acceptors (Lipinski definition) is 7. The normalized spacial score (nSPS) is 16.7. The van der Waals surface area contributed by atoms with Crippen LogP contribution >= 0.6 is 23.2 Å². The molecule has 2 fully saturated rings. The van der Waals surface area contributed by atoms with Gasteiger partial charge in [0.2, 0.25) is 0 Å². The molecule has 43 heavy (non-hydrogen) atoms. The molecule has 5 rings (SSSR count). The summed E-state index contributed by atoms with van der Waals surface area (Å²) in [6.07, 6.45) is 6.13. The average Bonchev–Trinajstić information content (AvgIpc) is 3.83. The zero-order valence-corrected chi connectivity index (χ0v) is 25.1. The molecule has 2 heterocycles. The number of alkyl halides is 2. The third kappa shape index (κ3) is 8.79. The van der Waals surface area contributed by atoms with Gasteiger partial charge in [0.05, 0.1) is 22.2 Å². The fraction of sp³-hybridized carbons (Fsp3) is 0.438. The Hall–Kier alpha value is -2.98. The maximum absolute atomic E-state index is 13.4. The van der Waals surface area contributed by atoms with E-state index in [1.165, 1.54) is 18.5 Å². The lowest BCUT2D eigenvalue weighted by atomic mass is 9.97. The first kappa shape index (κ1) is 31.4. The number of hydrogen-bond donors (Lipinski definition) is 1. The van der Waals surface area contributed by atoms with Crippen molar-refractivity contribution in [2.45, 2.75) is 51.4 Å². The molecule has 3 aromatic rings. The molecule has 1 saturated heterocycles. The lowest BCUT2D eigenvalue weighted by Crippen LogP contribution is -2.34. The van der Waals surface area contributed by atoms with Gasteiger partial charge in [-0.05, 0) is 91.6 Å². The summed E-state index contributed by atoms with van der Waals surface area (Å²) in [5.41, 5.74) is 2.47. The van der Waals surface area contributed by atoms with Gasteiger partial charge in [0.15, 0.2) is 11.5 Å². The van der Waals surface area contributed by atoms with E-state index in [2.05, 4.69) is 14.6 Å². The molecule has 1 saturated carbocycles. The van der Waals surface area contributed by atoms with Crippen molar-refractivity contribution in [3.05, 3.63) is 87.2 Å². The van der Waals surface area contributed by atoms with E-state index in [1.54, 1.807) is 24.3 Å². The van der Waals surface area contributed by atoms with Gasteiger partial charge in [-0.25, -0.2) is 4.79 Å². The number of benzene rings is 2. The van der Waals surface area contributed by atoms with Crippen LogP contribution in [-0.2, 0) is 17.7 Å². The fourth-order valence-electron chi connectivity index (χ4n) is 5.10. The zero-order valence-electron chi connectivity index (χ0n) is 23.6. The van der Waals surface area contributed by atoms with E-state index in [0.717, 1.165) is 50.9 Å². The van der Waals surface area contributed by atoms with Gasteiger partial charge >= 0.3 is 12.6 Å². The first-order valence-corrected chi connectivity index (χ1v) is 15.2. The molecule has 0 amide bonds. The van der Waals surface area contributed by atoms with Crippen molar-refractivity contribution >= 4 is 29.2 Å². The Kier molecular flexibility index (Phi) is 10.7. The van der Waals surface area contributed by atoms with Crippen LogP contribution in [-0.4, -0.2) is 53.9 Å². The van der Waals surface area contributed by atoms with Gasteiger partial charge in [0.1, 0.15) is 6.10 Å². The number of aliphatic hydroxyl groups is 1. The van der Waals surface area contributed by atoms with Gasteiger partial charge in [-0.15, -0.1) is 0 Å². The Morgan fingerprint density at radius 3 is 2.30 bits per heavy atom. The second-order valence-electron chi connectivity index (χ2n) is 11.1. The Labute approximate surface area is 259 Å². The van der Waals surface area contributed by atoms with Gasteiger partial charge in [-0.2, -0.15) is 8.78 Å². The number of carbonyl (C=O) groups excluding carboxylic acids is 1. The van der Waals surface area contributed by atoms with Gasteiger partial charge in [0, 0.05) is 32.0 Å². The molecule has 0 spiro atoms. The maximum Gasteiger partial charge on any atom is 0.387 e. The van der Waals surface area contributed by atoms with Crippen molar-refractivity contribution in [2.24, 2.45) is 11.8 Å². The minimum absolute atomic E-state index is 0.0966. The Morgan fingerprint density at radius 1 is 0.977 bits per heavy atom. The minimum Gasteiger partial charge on any atom is -0.489 e. The van der Waals surface area contributed by atoms with Gasteiger partial charge < -0.3 is 19.3 Å². The van der Waals surface area contributed by atoms with E-state index in [9.17, 15) is 18.7 Å². The molecule has 0 radical (unpaired) electrons. The lowest BCUT2D eigenvalue weighted by Gasteiger charge is -2.31. The fourth-order valence-corrected chi connectivity index (χ4v) is 5.62. The van der Waals surface area contributed by atoms with Crippen molar-refractivity contribution in [1.29, 1.82) is 0 Å². The van der Waals surface area contributed by atoms with Gasteiger partial charge in [0.25, 0.3) is 0 Å². The van der Waals surface area contributed by atoms with E-state index in [1.807, 2.05) is 12.1 Å². The van der Waals surface area contributed by atoms with E-state index in [0.29, 0.717) is 45.2 Å². The first-order chi connectivity index (χ1) is 20.8. The standard InChI is InChI=1S/C32H34Cl2F2N2O5/c33-26-15-37-16-27(34)25(26)14-29(24-7-8-28(43-32(35)36)30(13-24)41-19-22-1-2-22)42-31(40)23-5-3-20(4-6-23)17-38-11-9-21(18-39)10-12-38/h3-8,13,15-16,21-22,29,32,39H,1-2,9-12,14,17-19H2/t29-/m0/s1. The first-order valence-electron chi connectivity index (χ1n) is 14.4. The third-order valence-corrected chi connectivity index (χ3v) is 8.53. The van der Waals surface area contributed by atoms with Crippen LogP contribution in [0.4, 0.5) is 8.78 Å². The average molecular weight is 636 g/mol. The Bertz CT molecular complexity index is 1360. The topological polar surface area (TPSA) is 81.1 Å². The highest BCUT2D eigenvalue weighted by Crippen LogP contribution is 2.38. The van der Waals surface area contributed by atoms with E-state index in [4.69, 9.17) is 32.7 Å². The summed E-state index contributed by atoms with van der Waals surface area (Å²) in [6, 6.07) is 11.8. The number of likely N-dealkylation sites (tertiary alicyclic amines) is 1. The molecule has 2 aliphatic rings. The summed E-state index contributed by atoms with van der Waals surface area (Å²) in [7, 11) is 0. The molecule has 230 valence electrons. The maximum atomic E-state index is 13.4. The van der Waals surface area contributed by atoms with Gasteiger partial charge in [-0.3, -0.25) is 9.88 Å². The summed E-state index contributed by atoms with van der Waals surface area (Å²) in [5.74, 6) is 0.231. The highest BCUT2D eigenvalue weighted by Gasteiger charge is 2.26. The summed E-state index contributed by atoms with van der Waals surface area (Å²) in [4.78, 5) is 19.7. The van der Waals surface area contributed by atoms with Crippen LogP contribution < -0.4 is 9.47 Å². The number of carbonyl (C=O) groups is 1. The van der Waals surface area contributed by atoms with E-state index >= 15 is 0 Å². The monoisotopic (exact) mass is 634 g/mol. The van der Waals surface area contributed by atoms with Crippen LogP contribution in [0.3, 0.4) is 0 Å². The van der Waals surface area contributed by atoms with E-state index < -0.39 is 18.7 Å². The summed E-state index contributed by atoms with van der Waals surface area (Å²) in [6.45, 7) is 0.183. The Morgan fingerprint density at radius 2 is 1.67 bits per heavy atom. The van der Waals surface area contributed by atoms with Crippen molar-refractivity contribution in [3.63, 3.8) is 0 Å². The van der Waals surface area contributed by atoms with Crippen LogP contribution in [0.15, 0.2) is 54.9 Å². The molecule has 1 aromatic heterocycles. The zero-order chi connectivity index (χ0) is 30.3. The molecule has 1 N–H and O–H groups in total. The number of halogens is 4. The second-order valence-corrected chi connectivity index (χ2v) is 11.9. The predicted molar refractivity (Wildman–Crippen MR) is 159 cm³/mol. The number of aromatic nitrogens is 1. The highest BCUT2D eigenvalue weighted by atomic mass is 35.5. The molecule has 11 heteroatoms. The summed E-state index contributed by atoms with van der Waals surface area (Å²) >= 11 is 12.8. The number of esters is 1. The molecule has 1 aliphatic heterocycles. The van der Waals surface area contributed by atoms with E-state index in [-0.39, 0.29) is 24.5 Å². The van der Waals surface area contributed by atoms with Crippen molar-refractivity contribution in [1.82, 2.24) is 9.88 Å². The molecule has 0 unspecified atom stereocenters. The summed E-state index contributed by atoms with van der Waals surface area (Å²) < 4.78 is 42.8. The van der Waals surface area contributed by atoms with Crippen LogP contribution in [0.1, 0.15) is 58.8 Å². The number of aliphatic hydroxyl groups excluding tert-OH is 1. The molecular weight excluding hydrogens is 601 g/mol. The molecule has 0 bridgehead atoms. The van der Waals surface area contributed by atoms with Crippen LogP contribution in [0.5, 0.6) is 11.5 Å². The van der Waals surface area contributed by atoms with Crippen molar-refractivity contribution < 1.29 is 32.9 Å². The number of rotatable bonds is 13. The van der Waals surface area contributed by atoms with Gasteiger partial charge in [-0.1, -0.05) is 41.4 Å². The molecule has 7 nitrogen and oxygen atoms in total. The second kappa shape index (κ2) is 14.7. The molecule has 1 aliphatic carbocycles. The lowest BCUT2D eigenvalue weighted by molar-refractivity contribution is -0.0515. The SMILES string of the molecule is O=C(O[C@@H](Cc1c(Cl)cncc1Cl)c1ccc(OC(F)F)c(OCC2CC2)c1)c1ccc(CN2CCC(CO)CC2)cc1. The number of nitrogens with zero attached hydrogens (tertiary/aromatic N) is 2. The van der Waals surface area contributed by atoms with Crippen LogP contribution in [0.2, 0.25) is 10.0 Å². The Balaban J connectivity index is 1.35. The number of pyridine rings is 1. The third-order valence-electron chi connectivity index (χ3n) is 7.88. The minimum atomic E-state index is -3.02. The number of piperidine rings is 1. The molecule has 2 aromatic carbocycles. The smallest absolute Gasteiger partial charge is 0.387 e. The molecular formula is C32H34Cl2F2N2O5. The van der Waals surface area contributed by atoms with Crippen molar-refractivity contribution in [3.8, 4) is 11.5 Å².